The number of benzene rings is 1. The van der Waals surface area contributed by atoms with Crippen LogP contribution in [0.25, 0.3) is 0 Å². The van der Waals surface area contributed by atoms with E-state index in [-0.39, 0.29) is 5.56 Å². The highest BCUT2D eigenvalue weighted by molar-refractivity contribution is 5.20. The van der Waals surface area contributed by atoms with Crippen molar-refractivity contribution in [2.24, 2.45) is 5.73 Å². The molecule has 0 spiro atoms. The van der Waals surface area contributed by atoms with Gasteiger partial charge in [0.25, 0.3) is 0 Å². The van der Waals surface area contributed by atoms with Crippen molar-refractivity contribution in [3.63, 3.8) is 0 Å². The van der Waals surface area contributed by atoms with E-state index in [1.165, 1.54) is 12.1 Å². The van der Waals surface area contributed by atoms with Gasteiger partial charge in [0.1, 0.15) is 0 Å². The van der Waals surface area contributed by atoms with Crippen LogP contribution in [-0.2, 0) is 5.79 Å². The number of aliphatic hydroxyl groups is 3. The van der Waals surface area contributed by atoms with E-state index in [9.17, 15) is 10.2 Å². The van der Waals surface area contributed by atoms with Gasteiger partial charge in [0.2, 0.25) is 5.79 Å². The highest BCUT2D eigenvalue weighted by atomic mass is 16.5. The highest BCUT2D eigenvalue weighted by Gasteiger charge is 2.32. The molecular weight excluding hydrogens is 158 g/mol. The number of hydrogen-bond donors (Lipinski definition) is 4. The van der Waals surface area contributed by atoms with Gasteiger partial charge in [-0.25, -0.2) is 0 Å². The molecule has 4 nitrogen and oxygen atoms in total. The van der Waals surface area contributed by atoms with Gasteiger partial charge in [0.05, 0.1) is 0 Å². The Balaban J connectivity index is 2.98. The second kappa shape index (κ2) is 3.20. The SMILES string of the molecule is NC(O)C(O)(O)c1ccccc1. The molecule has 0 aliphatic heterocycles. The molecule has 0 heterocycles. The molecule has 66 valence electrons. The Morgan fingerprint density at radius 2 is 1.67 bits per heavy atom. The van der Waals surface area contributed by atoms with Gasteiger partial charge in [-0.1, -0.05) is 30.3 Å². The molecule has 1 aromatic rings. The van der Waals surface area contributed by atoms with Crippen molar-refractivity contribution in [1.29, 1.82) is 0 Å². The average Bonchev–Trinajstić information content (AvgIpc) is 2.06. The van der Waals surface area contributed by atoms with Crippen LogP contribution in [0.4, 0.5) is 0 Å². The molecule has 12 heavy (non-hydrogen) atoms. The molecule has 1 rings (SSSR count). The summed E-state index contributed by atoms with van der Waals surface area (Å²) in [4.78, 5) is 0. The van der Waals surface area contributed by atoms with Crippen LogP contribution in [0, 0.1) is 0 Å². The zero-order valence-electron chi connectivity index (χ0n) is 6.38. The molecule has 0 fully saturated rings. The summed E-state index contributed by atoms with van der Waals surface area (Å²) in [6.45, 7) is 0. The van der Waals surface area contributed by atoms with E-state index < -0.39 is 12.0 Å². The van der Waals surface area contributed by atoms with Gasteiger partial charge in [0.15, 0.2) is 6.23 Å². The van der Waals surface area contributed by atoms with Crippen LogP contribution >= 0.6 is 0 Å². The second-order valence-corrected chi connectivity index (χ2v) is 2.54. The van der Waals surface area contributed by atoms with Gasteiger partial charge in [0, 0.05) is 5.56 Å². The fourth-order valence-corrected chi connectivity index (χ4v) is 0.854. The molecule has 0 radical (unpaired) electrons. The Hall–Kier alpha value is -0.940. The predicted octanol–water partition coefficient (Wildman–Crippen LogP) is -0.899. The molecule has 5 N–H and O–H groups in total. The topological polar surface area (TPSA) is 86.7 Å². The summed E-state index contributed by atoms with van der Waals surface area (Å²) in [5.41, 5.74) is 5.12. The molecule has 0 saturated heterocycles. The molecular formula is C8H11NO3. The van der Waals surface area contributed by atoms with Crippen LogP contribution in [0.3, 0.4) is 0 Å². The third-order valence-electron chi connectivity index (χ3n) is 1.61. The molecule has 1 atom stereocenters. The van der Waals surface area contributed by atoms with E-state index in [2.05, 4.69) is 0 Å². The van der Waals surface area contributed by atoms with Crippen molar-refractivity contribution in [3.8, 4) is 0 Å². The molecule has 0 amide bonds. The lowest BCUT2D eigenvalue weighted by Crippen LogP contribution is -2.45. The van der Waals surface area contributed by atoms with E-state index in [0.29, 0.717) is 0 Å². The van der Waals surface area contributed by atoms with Crippen molar-refractivity contribution >= 4 is 0 Å². The van der Waals surface area contributed by atoms with Crippen molar-refractivity contribution in [2.45, 2.75) is 12.0 Å². The summed E-state index contributed by atoms with van der Waals surface area (Å²) in [5, 5.41) is 27.3. The van der Waals surface area contributed by atoms with Crippen LogP contribution in [0.1, 0.15) is 5.56 Å². The normalized spacial score (nSPS) is 14.3. The van der Waals surface area contributed by atoms with Gasteiger partial charge < -0.3 is 21.1 Å². The molecule has 0 bridgehead atoms. The molecule has 1 unspecified atom stereocenters. The average molecular weight is 169 g/mol. The zero-order valence-corrected chi connectivity index (χ0v) is 6.38. The Kier molecular flexibility index (Phi) is 2.44. The molecule has 0 saturated carbocycles. The zero-order chi connectivity index (χ0) is 9.19. The summed E-state index contributed by atoms with van der Waals surface area (Å²) in [5.74, 6) is -2.37. The first-order valence-corrected chi connectivity index (χ1v) is 3.49. The summed E-state index contributed by atoms with van der Waals surface area (Å²) in [7, 11) is 0. The maximum absolute atomic E-state index is 9.24. The first-order chi connectivity index (χ1) is 5.55. The third kappa shape index (κ3) is 1.62. The number of nitrogens with two attached hydrogens (primary N) is 1. The van der Waals surface area contributed by atoms with E-state index in [1.807, 2.05) is 0 Å². The summed E-state index contributed by atoms with van der Waals surface area (Å²) in [6, 6.07) is 7.91. The smallest absolute Gasteiger partial charge is 0.230 e. The predicted molar refractivity (Wildman–Crippen MR) is 42.8 cm³/mol. The summed E-state index contributed by atoms with van der Waals surface area (Å²) in [6.07, 6.45) is -1.71. The fraction of sp³-hybridized carbons (Fsp3) is 0.250. The number of aliphatic hydroxyl groups excluding tert-OH is 1. The lowest BCUT2D eigenvalue weighted by atomic mass is 10.1. The molecule has 1 aromatic carbocycles. The first kappa shape index (κ1) is 9.15. The molecule has 0 aliphatic carbocycles. The summed E-state index contributed by atoms with van der Waals surface area (Å²) < 4.78 is 0. The number of hydrogen-bond acceptors (Lipinski definition) is 4. The highest BCUT2D eigenvalue weighted by Crippen LogP contribution is 2.18. The van der Waals surface area contributed by atoms with Crippen LogP contribution in [0.15, 0.2) is 30.3 Å². The van der Waals surface area contributed by atoms with Crippen LogP contribution in [0.5, 0.6) is 0 Å². The maximum Gasteiger partial charge on any atom is 0.230 e. The largest absolute Gasteiger partial charge is 0.373 e. The lowest BCUT2D eigenvalue weighted by Gasteiger charge is -2.24. The quantitative estimate of drug-likeness (QED) is 0.432. The molecule has 4 heteroatoms. The van der Waals surface area contributed by atoms with Crippen molar-refractivity contribution in [1.82, 2.24) is 0 Å². The molecule has 0 aromatic heterocycles. The minimum Gasteiger partial charge on any atom is -0.373 e. The Morgan fingerprint density at radius 3 is 2.08 bits per heavy atom. The van der Waals surface area contributed by atoms with Crippen molar-refractivity contribution in [3.05, 3.63) is 35.9 Å². The fourth-order valence-electron chi connectivity index (χ4n) is 0.854. The summed E-state index contributed by atoms with van der Waals surface area (Å²) >= 11 is 0. The van der Waals surface area contributed by atoms with Gasteiger partial charge in [-0.3, -0.25) is 0 Å². The van der Waals surface area contributed by atoms with E-state index in [1.54, 1.807) is 18.2 Å². The van der Waals surface area contributed by atoms with E-state index in [0.717, 1.165) is 0 Å². The Morgan fingerprint density at radius 1 is 1.17 bits per heavy atom. The van der Waals surface area contributed by atoms with Crippen LogP contribution in [-0.4, -0.2) is 21.5 Å². The van der Waals surface area contributed by atoms with Gasteiger partial charge >= 0.3 is 0 Å². The lowest BCUT2D eigenvalue weighted by molar-refractivity contribution is -0.232. The van der Waals surface area contributed by atoms with Crippen LogP contribution < -0.4 is 5.73 Å². The van der Waals surface area contributed by atoms with E-state index >= 15 is 0 Å². The first-order valence-electron chi connectivity index (χ1n) is 3.49. The minimum atomic E-state index is -2.37. The minimum absolute atomic E-state index is 0.167. The Labute approximate surface area is 69.9 Å². The van der Waals surface area contributed by atoms with Crippen molar-refractivity contribution in [2.75, 3.05) is 0 Å². The molecule has 0 aliphatic rings. The van der Waals surface area contributed by atoms with Crippen LogP contribution in [0.2, 0.25) is 0 Å². The number of rotatable bonds is 2. The van der Waals surface area contributed by atoms with Crippen molar-refractivity contribution < 1.29 is 15.3 Å². The third-order valence-corrected chi connectivity index (χ3v) is 1.61. The van der Waals surface area contributed by atoms with E-state index in [4.69, 9.17) is 10.8 Å². The second-order valence-electron chi connectivity index (χ2n) is 2.54. The standard InChI is InChI=1S/C8H11NO3/c9-7(10)8(11,12)6-4-2-1-3-5-6/h1-5,7,10-12H,9H2. The van der Waals surface area contributed by atoms with Gasteiger partial charge in [-0.15, -0.1) is 0 Å². The van der Waals surface area contributed by atoms with Gasteiger partial charge in [-0.2, -0.15) is 0 Å². The van der Waals surface area contributed by atoms with Gasteiger partial charge in [-0.05, 0) is 0 Å². The monoisotopic (exact) mass is 169 g/mol. The maximum atomic E-state index is 9.24. The Bertz CT molecular complexity index is 246.